The van der Waals surface area contributed by atoms with Crippen LogP contribution in [0.15, 0.2) is 85.2 Å². The van der Waals surface area contributed by atoms with Crippen molar-refractivity contribution in [2.75, 3.05) is 26.2 Å². The minimum atomic E-state index is 0.227. The Morgan fingerprint density at radius 3 is 1.74 bits per heavy atom. The molecule has 54 heavy (non-hydrogen) atoms. The lowest BCUT2D eigenvalue weighted by atomic mass is 9.66. The van der Waals surface area contributed by atoms with E-state index in [0.717, 1.165) is 18.5 Å². The van der Waals surface area contributed by atoms with Gasteiger partial charge in [0.25, 0.3) is 0 Å². The lowest BCUT2D eigenvalue weighted by Gasteiger charge is -2.53. The van der Waals surface area contributed by atoms with Crippen molar-refractivity contribution < 1.29 is 0 Å². The van der Waals surface area contributed by atoms with Crippen LogP contribution in [0.5, 0.6) is 0 Å². The number of rotatable bonds is 4. The van der Waals surface area contributed by atoms with E-state index in [1.165, 1.54) is 104 Å². The molecule has 0 N–H and O–H groups in total. The van der Waals surface area contributed by atoms with Crippen LogP contribution >= 0.6 is 0 Å². The smallest absolute Gasteiger partial charge is 0.109 e. The Morgan fingerprint density at radius 1 is 0.667 bits per heavy atom. The van der Waals surface area contributed by atoms with Gasteiger partial charge in [-0.1, -0.05) is 50.2 Å². The predicted molar refractivity (Wildman–Crippen MR) is 217 cm³/mol. The molecule has 8 nitrogen and oxygen atoms in total. The fourth-order valence-electron chi connectivity index (χ4n) is 12.1. The molecule has 0 amide bonds. The van der Waals surface area contributed by atoms with Crippen molar-refractivity contribution in [3.05, 3.63) is 119 Å². The first-order valence-corrected chi connectivity index (χ1v) is 20.6. The zero-order valence-electron chi connectivity index (χ0n) is 32.3. The van der Waals surface area contributed by atoms with Gasteiger partial charge >= 0.3 is 0 Å². The summed E-state index contributed by atoms with van der Waals surface area (Å²) in [6.45, 7) is 9.63. The van der Waals surface area contributed by atoms with Gasteiger partial charge in [-0.15, -0.1) is 0 Å². The standard InChI is InChI=1S/2C23H26N4/c1-3-23-11-6-13-26-14-10-17-16-7-4-5-8-18(16)27(21(17)22(23)26)20(15-23)19-9-12-24-25(19)2;1-3-23-11-6-12-26-14-9-17-16-7-4-5-8-19(16)27(21(17)22(23)26)20(15-23)18-10-13-25(2)24-18/h4-5,7-9,12,15,22H,3,6,10-11,13-14H2,1-2H3;4-5,7-8,10,13,15,22H,3,6,9,11-12,14H2,1-2H3/t2*22-,23+/m11/s1. The minimum Gasteiger partial charge on any atom is -0.310 e. The molecule has 4 aromatic heterocycles. The van der Waals surface area contributed by atoms with Crippen LogP contribution in [0.2, 0.25) is 0 Å². The van der Waals surface area contributed by atoms with Crippen molar-refractivity contribution >= 4 is 33.2 Å². The number of piperidine rings is 2. The van der Waals surface area contributed by atoms with E-state index in [4.69, 9.17) is 5.10 Å². The second kappa shape index (κ2) is 11.9. The Kier molecular flexibility index (Phi) is 7.23. The predicted octanol–water partition coefficient (Wildman–Crippen LogP) is 8.73. The minimum absolute atomic E-state index is 0.227. The van der Waals surface area contributed by atoms with Crippen molar-refractivity contribution in [1.29, 1.82) is 0 Å². The van der Waals surface area contributed by atoms with Gasteiger partial charge in [0.05, 0.1) is 40.2 Å². The van der Waals surface area contributed by atoms with Gasteiger partial charge in [0.1, 0.15) is 5.69 Å². The molecule has 2 fully saturated rings. The van der Waals surface area contributed by atoms with Gasteiger partial charge < -0.3 is 9.13 Å². The van der Waals surface area contributed by atoms with Gasteiger partial charge in [-0.3, -0.25) is 19.2 Å². The van der Waals surface area contributed by atoms with Crippen LogP contribution < -0.4 is 0 Å². The maximum atomic E-state index is 4.80. The van der Waals surface area contributed by atoms with Crippen molar-refractivity contribution in [2.45, 2.75) is 77.3 Å². The maximum absolute atomic E-state index is 4.80. The van der Waals surface area contributed by atoms with Crippen LogP contribution in [0, 0.1) is 10.8 Å². The number of para-hydroxylation sites is 2. The highest BCUT2D eigenvalue weighted by molar-refractivity contribution is 5.93. The van der Waals surface area contributed by atoms with E-state index in [2.05, 4.69) is 124 Å². The molecule has 10 heterocycles. The number of hydrogen-bond acceptors (Lipinski definition) is 4. The molecule has 2 aromatic carbocycles. The first-order chi connectivity index (χ1) is 26.4. The van der Waals surface area contributed by atoms with E-state index in [0.29, 0.717) is 12.1 Å². The molecule has 8 heteroatoms. The Morgan fingerprint density at radius 2 is 1.22 bits per heavy atom. The highest BCUT2D eigenvalue weighted by Gasteiger charge is 2.52. The summed E-state index contributed by atoms with van der Waals surface area (Å²) in [6, 6.07) is 23.3. The fraction of sp³-hybridized carbons (Fsp3) is 0.435. The lowest BCUT2D eigenvalue weighted by molar-refractivity contribution is 0.0271. The van der Waals surface area contributed by atoms with E-state index < -0.39 is 0 Å². The molecule has 6 aliphatic heterocycles. The molecular formula is C46H52N8. The van der Waals surface area contributed by atoms with Crippen LogP contribution in [-0.2, 0) is 26.9 Å². The van der Waals surface area contributed by atoms with Crippen molar-refractivity contribution in [2.24, 2.45) is 24.9 Å². The Labute approximate surface area is 318 Å². The zero-order chi connectivity index (χ0) is 36.3. The summed E-state index contributed by atoms with van der Waals surface area (Å²) in [4.78, 5) is 5.53. The van der Waals surface area contributed by atoms with Crippen LogP contribution in [0.1, 0.15) is 98.4 Å². The number of nitrogens with zero attached hydrogens (tertiary/aromatic N) is 8. The third kappa shape index (κ3) is 4.38. The first-order valence-electron chi connectivity index (χ1n) is 20.6. The second-order valence-electron chi connectivity index (χ2n) is 17.0. The van der Waals surface area contributed by atoms with E-state index in [-0.39, 0.29) is 10.8 Å². The molecular weight excluding hydrogens is 665 g/mol. The Hall–Kier alpha value is -4.66. The average Bonchev–Trinajstić information content (AvgIpc) is 4.00. The van der Waals surface area contributed by atoms with Crippen LogP contribution in [0.4, 0.5) is 0 Å². The monoisotopic (exact) mass is 716 g/mol. The summed E-state index contributed by atoms with van der Waals surface area (Å²) < 4.78 is 9.06. The summed E-state index contributed by atoms with van der Waals surface area (Å²) in [7, 11) is 4.07. The quantitative estimate of drug-likeness (QED) is 0.183. The summed E-state index contributed by atoms with van der Waals surface area (Å²) in [6.07, 6.45) is 19.0. The van der Waals surface area contributed by atoms with Crippen LogP contribution in [0.3, 0.4) is 0 Å². The third-order valence-corrected chi connectivity index (χ3v) is 14.6. The lowest BCUT2D eigenvalue weighted by Crippen LogP contribution is -2.50. The molecule has 0 unspecified atom stereocenters. The Bertz CT molecular complexity index is 2520. The van der Waals surface area contributed by atoms with Gasteiger partial charge in [-0.2, -0.15) is 10.2 Å². The maximum Gasteiger partial charge on any atom is 0.109 e. The van der Waals surface area contributed by atoms with E-state index in [1.807, 2.05) is 22.6 Å². The summed E-state index contributed by atoms with van der Waals surface area (Å²) in [5.41, 5.74) is 14.3. The largest absolute Gasteiger partial charge is 0.310 e. The third-order valence-electron chi connectivity index (χ3n) is 14.6. The number of aromatic nitrogens is 6. The second-order valence-corrected chi connectivity index (χ2v) is 17.0. The van der Waals surface area contributed by atoms with Gasteiger partial charge in [-0.25, -0.2) is 0 Å². The molecule has 276 valence electrons. The van der Waals surface area contributed by atoms with Crippen molar-refractivity contribution in [3.8, 4) is 0 Å². The molecule has 6 aromatic rings. The zero-order valence-corrected chi connectivity index (χ0v) is 32.3. The summed E-state index contributed by atoms with van der Waals surface area (Å²) >= 11 is 0. The molecule has 2 saturated heterocycles. The highest BCUT2D eigenvalue weighted by Crippen LogP contribution is 2.59. The molecule has 12 rings (SSSR count). The molecule has 4 atom stereocenters. The van der Waals surface area contributed by atoms with Gasteiger partial charge in [0.15, 0.2) is 0 Å². The molecule has 0 aliphatic carbocycles. The number of hydrogen-bond donors (Lipinski definition) is 0. The van der Waals surface area contributed by atoms with Crippen molar-refractivity contribution in [1.82, 2.24) is 38.5 Å². The molecule has 0 saturated carbocycles. The van der Waals surface area contributed by atoms with Gasteiger partial charge in [0, 0.05) is 72.6 Å². The van der Waals surface area contributed by atoms with E-state index in [9.17, 15) is 0 Å². The van der Waals surface area contributed by atoms with E-state index in [1.54, 1.807) is 22.5 Å². The van der Waals surface area contributed by atoms with Crippen LogP contribution in [0.25, 0.3) is 33.2 Å². The van der Waals surface area contributed by atoms with Gasteiger partial charge in [-0.05, 0) is 112 Å². The summed E-state index contributed by atoms with van der Waals surface area (Å²) in [5, 5.41) is 12.2. The Balaban J connectivity index is 0.000000126. The van der Waals surface area contributed by atoms with E-state index >= 15 is 0 Å². The first kappa shape index (κ1) is 32.7. The van der Waals surface area contributed by atoms with Crippen molar-refractivity contribution in [3.63, 3.8) is 0 Å². The number of aryl methyl sites for hydroxylation is 2. The molecule has 0 spiro atoms. The topological polar surface area (TPSA) is 52.0 Å². The molecule has 0 bridgehead atoms. The number of fused-ring (bicyclic) bond motifs is 6. The molecule has 0 radical (unpaired) electrons. The van der Waals surface area contributed by atoms with Gasteiger partial charge in [0.2, 0.25) is 0 Å². The van der Waals surface area contributed by atoms with Crippen LogP contribution in [-0.4, -0.2) is 64.7 Å². The fourth-order valence-corrected chi connectivity index (χ4v) is 12.1. The summed E-state index contributed by atoms with van der Waals surface area (Å²) in [5.74, 6) is 0. The molecule has 6 aliphatic rings. The highest BCUT2D eigenvalue weighted by atomic mass is 15.3. The average molecular weight is 717 g/mol. The SMILES string of the molecule is CC[C@@]12C=C(c3ccn(C)n3)n3c4c(c5ccccc53)CCN(CCC1)[C@H]42.CC[C@@]12C=C(c3ccnn3C)n3c4c(c5ccccc53)CCN(CCC1)[C@H]42. The normalized spacial score (nSPS) is 26.9. The number of benzene rings is 2.